The average Bonchev–Trinajstić information content (AvgIpc) is 2.10. The van der Waals surface area contributed by atoms with E-state index in [1.807, 2.05) is 0 Å². The molecule has 0 aromatic rings. The van der Waals surface area contributed by atoms with Crippen molar-refractivity contribution in [3.63, 3.8) is 0 Å². The van der Waals surface area contributed by atoms with Crippen LogP contribution in [0.4, 0.5) is 0 Å². The van der Waals surface area contributed by atoms with Gasteiger partial charge < -0.3 is 0 Å². The molecule has 0 heterocycles. The summed E-state index contributed by atoms with van der Waals surface area (Å²) in [7, 11) is 0. The summed E-state index contributed by atoms with van der Waals surface area (Å²) in [5, 5.41) is 0. The molecule has 72 valence electrons. The van der Waals surface area contributed by atoms with Gasteiger partial charge >= 0.3 is 0 Å². The normalized spacial score (nSPS) is 11.2. The predicted molar refractivity (Wildman–Crippen MR) is 59.5 cm³/mol. The molecular formula is C10H21NS. The number of nitrogens with one attached hydrogen (secondary N) is 1. The van der Waals surface area contributed by atoms with E-state index < -0.39 is 0 Å². The maximum absolute atomic E-state index is 3.93. The summed E-state index contributed by atoms with van der Waals surface area (Å²) >= 11 is 3.93. The van der Waals surface area contributed by atoms with Crippen molar-refractivity contribution >= 4 is 12.8 Å². The van der Waals surface area contributed by atoms with E-state index in [0.717, 1.165) is 6.54 Å². The van der Waals surface area contributed by atoms with Crippen molar-refractivity contribution in [1.82, 2.24) is 4.72 Å². The van der Waals surface area contributed by atoms with Crippen LogP contribution in [0.25, 0.3) is 0 Å². The summed E-state index contributed by atoms with van der Waals surface area (Å²) < 4.78 is 2.86. The third-order valence-corrected chi connectivity index (χ3v) is 2.12. The lowest BCUT2D eigenvalue weighted by Gasteiger charge is -1.98. The first-order chi connectivity index (χ1) is 5.91. The monoisotopic (exact) mass is 187 g/mol. The second-order valence-corrected chi connectivity index (χ2v) is 3.35. The molecule has 0 aromatic heterocycles. The molecule has 12 heavy (non-hydrogen) atoms. The third-order valence-electron chi connectivity index (χ3n) is 1.90. The van der Waals surface area contributed by atoms with Crippen molar-refractivity contribution < 1.29 is 0 Å². The van der Waals surface area contributed by atoms with Gasteiger partial charge in [0.25, 0.3) is 0 Å². The van der Waals surface area contributed by atoms with Gasteiger partial charge in [-0.15, -0.1) is 0 Å². The molecule has 0 atom stereocenters. The van der Waals surface area contributed by atoms with E-state index in [-0.39, 0.29) is 0 Å². The maximum Gasteiger partial charge on any atom is 0.00561 e. The highest BCUT2D eigenvalue weighted by Crippen LogP contribution is 2.05. The Labute approximate surface area is 82.2 Å². The third kappa shape index (κ3) is 10.0. The molecule has 1 nitrogen and oxygen atoms in total. The lowest BCUT2D eigenvalue weighted by molar-refractivity contribution is 0.616. The molecule has 0 aromatic carbocycles. The minimum absolute atomic E-state index is 1.04. The Bertz CT molecular complexity index is 102. The van der Waals surface area contributed by atoms with Crippen LogP contribution in [0, 0.1) is 0 Å². The standard InChI is InChI=1S/C10H21NS/c1-2-3-4-5-6-7-8-9-10-11-12/h2-3,11-12H,4-10H2,1H3/b3-2+. The van der Waals surface area contributed by atoms with Gasteiger partial charge in [0.05, 0.1) is 0 Å². The van der Waals surface area contributed by atoms with E-state index in [9.17, 15) is 0 Å². The number of hydrogen-bond donors (Lipinski definition) is 2. The molecule has 0 saturated carbocycles. The minimum Gasteiger partial charge on any atom is -0.267 e. The van der Waals surface area contributed by atoms with E-state index >= 15 is 0 Å². The molecule has 0 amide bonds. The zero-order valence-corrected chi connectivity index (χ0v) is 8.95. The molecule has 0 saturated heterocycles. The predicted octanol–water partition coefficient (Wildman–Crippen LogP) is 3.34. The summed E-state index contributed by atoms with van der Waals surface area (Å²) in [6.45, 7) is 3.12. The first-order valence-corrected chi connectivity index (χ1v) is 5.34. The van der Waals surface area contributed by atoms with Gasteiger partial charge in [-0.05, 0) is 26.2 Å². The topological polar surface area (TPSA) is 12.0 Å². The molecule has 0 aliphatic heterocycles. The number of thiol groups is 1. The fourth-order valence-electron chi connectivity index (χ4n) is 1.16. The number of rotatable bonds is 8. The summed E-state index contributed by atoms with van der Waals surface area (Å²) in [4.78, 5) is 0. The fourth-order valence-corrected chi connectivity index (χ4v) is 1.32. The smallest absolute Gasteiger partial charge is 0.00561 e. The van der Waals surface area contributed by atoms with E-state index in [1.54, 1.807) is 0 Å². The summed E-state index contributed by atoms with van der Waals surface area (Å²) in [5.74, 6) is 0. The molecule has 0 rings (SSSR count). The van der Waals surface area contributed by atoms with Gasteiger partial charge in [0.2, 0.25) is 0 Å². The zero-order chi connectivity index (χ0) is 9.07. The quantitative estimate of drug-likeness (QED) is 0.337. The lowest BCUT2D eigenvalue weighted by Crippen LogP contribution is -1.99. The second-order valence-electron chi connectivity index (χ2n) is 3.03. The van der Waals surface area contributed by atoms with E-state index in [1.165, 1.54) is 38.5 Å². The molecule has 2 heteroatoms. The van der Waals surface area contributed by atoms with Crippen LogP contribution < -0.4 is 4.72 Å². The van der Waals surface area contributed by atoms with Crippen LogP contribution in [0.3, 0.4) is 0 Å². The Morgan fingerprint density at radius 1 is 1.08 bits per heavy atom. The Morgan fingerprint density at radius 3 is 2.42 bits per heavy atom. The molecular weight excluding hydrogens is 166 g/mol. The minimum atomic E-state index is 1.04. The van der Waals surface area contributed by atoms with Gasteiger partial charge in [0, 0.05) is 6.54 Å². The van der Waals surface area contributed by atoms with Crippen molar-refractivity contribution in [2.24, 2.45) is 0 Å². The van der Waals surface area contributed by atoms with Crippen molar-refractivity contribution in [1.29, 1.82) is 0 Å². The SMILES string of the molecule is C/C=C/CCCCCCCNS. The van der Waals surface area contributed by atoms with Crippen molar-refractivity contribution in [2.75, 3.05) is 6.54 Å². The Balaban J connectivity index is 2.81. The van der Waals surface area contributed by atoms with Crippen LogP contribution in [-0.2, 0) is 0 Å². The molecule has 0 spiro atoms. The van der Waals surface area contributed by atoms with Crippen LogP contribution in [0.5, 0.6) is 0 Å². The highest BCUT2D eigenvalue weighted by Gasteiger charge is 1.88. The van der Waals surface area contributed by atoms with Crippen LogP contribution in [0.15, 0.2) is 12.2 Å². The molecule has 0 radical (unpaired) electrons. The number of unbranched alkanes of at least 4 members (excludes halogenated alkanes) is 5. The summed E-state index contributed by atoms with van der Waals surface area (Å²) in [5.41, 5.74) is 0. The van der Waals surface area contributed by atoms with E-state index in [2.05, 4.69) is 36.6 Å². The van der Waals surface area contributed by atoms with Crippen LogP contribution in [0.2, 0.25) is 0 Å². The fraction of sp³-hybridized carbons (Fsp3) is 0.800. The Hall–Kier alpha value is 0.0500. The zero-order valence-electron chi connectivity index (χ0n) is 8.05. The lowest BCUT2D eigenvalue weighted by atomic mass is 10.1. The number of allylic oxidation sites excluding steroid dienone is 2. The van der Waals surface area contributed by atoms with Crippen LogP contribution in [-0.4, -0.2) is 6.54 Å². The van der Waals surface area contributed by atoms with Crippen molar-refractivity contribution in [3.8, 4) is 0 Å². The molecule has 1 N–H and O–H groups in total. The van der Waals surface area contributed by atoms with Crippen molar-refractivity contribution in [2.45, 2.75) is 45.4 Å². The van der Waals surface area contributed by atoms with Gasteiger partial charge in [-0.3, -0.25) is 4.72 Å². The molecule has 0 fully saturated rings. The molecule has 0 aliphatic rings. The molecule has 0 unspecified atom stereocenters. The highest BCUT2D eigenvalue weighted by molar-refractivity contribution is 7.78. The van der Waals surface area contributed by atoms with Crippen LogP contribution >= 0.6 is 12.8 Å². The Morgan fingerprint density at radius 2 is 1.75 bits per heavy atom. The largest absolute Gasteiger partial charge is 0.267 e. The first kappa shape index (κ1) is 12.0. The maximum atomic E-state index is 3.93. The average molecular weight is 187 g/mol. The van der Waals surface area contributed by atoms with Gasteiger partial charge in [-0.25, -0.2) is 0 Å². The van der Waals surface area contributed by atoms with Crippen molar-refractivity contribution in [3.05, 3.63) is 12.2 Å². The summed E-state index contributed by atoms with van der Waals surface area (Å²) in [6.07, 6.45) is 12.3. The molecule has 0 bridgehead atoms. The van der Waals surface area contributed by atoms with Gasteiger partial charge in [0.15, 0.2) is 0 Å². The Kier molecular flexibility index (Phi) is 11.1. The van der Waals surface area contributed by atoms with Crippen LogP contribution in [0.1, 0.15) is 45.4 Å². The van der Waals surface area contributed by atoms with E-state index in [4.69, 9.17) is 0 Å². The summed E-state index contributed by atoms with van der Waals surface area (Å²) in [6, 6.07) is 0. The second kappa shape index (κ2) is 11.1. The highest BCUT2D eigenvalue weighted by atomic mass is 32.1. The van der Waals surface area contributed by atoms with Gasteiger partial charge in [-0.1, -0.05) is 44.2 Å². The van der Waals surface area contributed by atoms with E-state index in [0.29, 0.717) is 0 Å². The van der Waals surface area contributed by atoms with Gasteiger partial charge in [0.1, 0.15) is 0 Å². The first-order valence-electron chi connectivity index (χ1n) is 4.90. The number of hydrogen-bond acceptors (Lipinski definition) is 2. The van der Waals surface area contributed by atoms with Gasteiger partial charge in [-0.2, -0.15) is 0 Å². The molecule has 0 aliphatic carbocycles.